The summed E-state index contributed by atoms with van der Waals surface area (Å²) in [6.45, 7) is 0. The molecular weight excluding hydrogens is 318 g/mol. The minimum absolute atomic E-state index is 0.206. The van der Waals surface area contributed by atoms with Crippen LogP contribution < -0.4 is 5.32 Å². The molecule has 98 valence electrons. The Balaban J connectivity index is 1.99. The molecule has 1 aromatic heterocycles. The van der Waals surface area contributed by atoms with Crippen LogP contribution in [0, 0.1) is 0 Å². The molecule has 0 spiro atoms. The predicted molar refractivity (Wildman–Crippen MR) is 81.6 cm³/mol. The van der Waals surface area contributed by atoms with E-state index < -0.39 is 0 Å². The Kier molecular flexibility index (Phi) is 3.43. The zero-order valence-electron chi connectivity index (χ0n) is 10.4. The third-order valence-electron chi connectivity index (χ3n) is 2.87. The summed E-state index contributed by atoms with van der Waals surface area (Å²) in [7, 11) is 0. The highest BCUT2D eigenvalue weighted by molar-refractivity contribution is 9.10. The lowest BCUT2D eigenvalue weighted by Crippen LogP contribution is -2.13. The number of carbonyl (C=O) groups is 1. The second kappa shape index (κ2) is 5.38. The first-order valence-electron chi connectivity index (χ1n) is 6.01. The number of hydrogen-bond acceptors (Lipinski definition) is 3. The first kappa shape index (κ1) is 12.7. The number of benzene rings is 2. The molecule has 0 bridgehead atoms. The predicted octanol–water partition coefficient (Wildman–Crippen LogP) is 3.64. The average Bonchev–Trinajstić information content (AvgIpc) is 2.49. The van der Waals surface area contributed by atoms with Gasteiger partial charge in [0.2, 0.25) is 0 Å². The quantitative estimate of drug-likeness (QED) is 0.781. The first-order chi connectivity index (χ1) is 9.75. The van der Waals surface area contributed by atoms with E-state index in [1.807, 2.05) is 30.3 Å². The number of hydrogen-bond donors (Lipinski definition) is 1. The number of aromatic nitrogens is 2. The van der Waals surface area contributed by atoms with Crippen LogP contribution in [0.4, 0.5) is 5.69 Å². The van der Waals surface area contributed by atoms with Crippen LogP contribution in [0.5, 0.6) is 0 Å². The van der Waals surface area contributed by atoms with Crippen LogP contribution in [0.1, 0.15) is 10.4 Å². The fourth-order valence-electron chi connectivity index (χ4n) is 1.93. The van der Waals surface area contributed by atoms with Crippen LogP contribution in [0.2, 0.25) is 0 Å². The number of anilines is 1. The molecule has 5 heteroatoms. The van der Waals surface area contributed by atoms with Gasteiger partial charge in [0, 0.05) is 16.9 Å². The van der Waals surface area contributed by atoms with Crippen LogP contribution >= 0.6 is 15.9 Å². The van der Waals surface area contributed by atoms with Crippen molar-refractivity contribution in [3.63, 3.8) is 0 Å². The Morgan fingerprint density at radius 2 is 1.80 bits per heavy atom. The molecule has 0 saturated heterocycles. The molecule has 1 heterocycles. The lowest BCUT2D eigenvalue weighted by Gasteiger charge is -2.08. The average molecular weight is 328 g/mol. The lowest BCUT2D eigenvalue weighted by atomic mass is 10.1. The van der Waals surface area contributed by atoms with Gasteiger partial charge in [-0.2, -0.15) is 0 Å². The lowest BCUT2D eigenvalue weighted by molar-refractivity contribution is 0.102. The molecule has 3 aromatic rings. The SMILES string of the molecule is O=C(Nc1ccccc1Br)c1cccc2nccnc12. The largest absolute Gasteiger partial charge is 0.321 e. The number of para-hydroxylation sites is 2. The van der Waals surface area contributed by atoms with Gasteiger partial charge < -0.3 is 5.32 Å². The Hall–Kier alpha value is -2.27. The van der Waals surface area contributed by atoms with E-state index in [0.29, 0.717) is 16.6 Å². The molecule has 2 aromatic carbocycles. The molecule has 0 aliphatic carbocycles. The van der Waals surface area contributed by atoms with Gasteiger partial charge in [0.25, 0.3) is 5.91 Å². The van der Waals surface area contributed by atoms with Crippen LogP contribution in [-0.4, -0.2) is 15.9 Å². The second-order valence-corrected chi connectivity index (χ2v) is 5.02. The first-order valence-corrected chi connectivity index (χ1v) is 6.80. The van der Waals surface area contributed by atoms with E-state index in [-0.39, 0.29) is 5.91 Å². The van der Waals surface area contributed by atoms with E-state index in [2.05, 4.69) is 31.2 Å². The van der Waals surface area contributed by atoms with E-state index in [9.17, 15) is 4.79 Å². The minimum Gasteiger partial charge on any atom is -0.321 e. The number of amides is 1. The summed E-state index contributed by atoms with van der Waals surface area (Å²) in [6, 6.07) is 12.8. The van der Waals surface area contributed by atoms with Gasteiger partial charge in [-0.25, -0.2) is 0 Å². The molecule has 20 heavy (non-hydrogen) atoms. The van der Waals surface area contributed by atoms with Crippen molar-refractivity contribution in [2.75, 3.05) is 5.32 Å². The van der Waals surface area contributed by atoms with Crippen molar-refractivity contribution in [2.45, 2.75) is 0 Å². The van der Waals surface area contributed by atoms with Gasteiger partial charge in [0.1, 0.15) is 5.52 Å². The maximum Gasteiger partial charge on any atom is 0.257 e. The molecule has 0 saturated carbocycles. The summed E-state index contributed by atoms with van der Waals surface area (Å²) in [5, 5.41) is 2.87. The molecule has 0 unspecified atom stereocenters. The van der Waals surface area contributed by atoms with Gasteiger partial charge >= 0.3 is 0 Å². The third kappa shape index (κ3) is 2.40. The summed E-state index contributed by atoms with van der Waals surface area (Å²) >= 11 is 3.40. The number of fused-ring (bicyclic) bond motifs is 1. The zero-order chi connectivity index (χ0) is 13.9. The molecule has 0 atom stereocenters. The van der Waals surface area contributed by atoms with E-state index in [4.69, 9.17) is 0 Å². The number of rotatable bonds is 2. The van der Waals surface area contributed by atoms with Crippen molar-refractivity contribution in [3.05, 3.63) is 64.9 Å². The van der Waals surface area contributed by atoms with Crippen molar-refractivity contribution < 1.29 is 4.79 Å². The third-order valence-corrected chi connectivity index (χ3v) is 3.56. The van der Waals surface area contributed by atoms with Gasteiger partial charge in [0.05, 0.1) is 16.8 Å². The molecule has 4 nitrogen and oxygen atoms in total. The van der Waals surface area contributed by atoms with Gasteiger partial charge in [-0.15, -0.1) is 0 Å². The molecule has 0 aliphatic rings. The molecule has 1 N–H and O–H groups in total. The summed E-state index contributed by atoms with van der Waals surface area (Å²) in [5.74, 6) is -0.206. The Bertz CT molecular complexity index is 783. The van der Waals surface area contributed by atoms with E-state index >= 15 is 0 Å². The molecule has 0 radical (unpaired) electrons. The van der Waals surface area contributed by atoms with Crippen molar-refractivity contribution >= 4 is 38.6 Å². The Morgan fingerprint density at radius 3 is 2.65 bits per heavy atom. The summed E-state index contributed by atoms with van der Waals surface area (Å²) in [6.07, 6.45) is 3.19. The van der Waals surface area contributed by atoms with Crippen LogP contribution in [0.3, 0.4) is 0 Å². The normalized spacial score (nSPS) is 10.4. The van der Waals surface area contributed by atoms with Crippen LogP contribution in [0.15, 0.2) is 59.3 Å². The highest BCUT2D eigenvalue weighted by Gasteiger charge is 2.12. The number of nitrogens with zero attached hydrogens (tertiary/aromatic N) is 2. The fourth-order valence-corrected chi connectivity index (χ4v) is 2.31. The van der Waals surface area contributed by atoms with Gasteiger partial charge in [-0.3, -0.25) is 14.8 Å². The molecule has 1 amide bonds. The monoisotopic (exact) mass is 327 g/mol. The topological polar surface area (TPSA) is 54.9 Å². The fraction of sp³-hybridized carbons (Fsp3) is 0. The molecular formula is C15H10BrN3O. The van der Waals surface area contributed by atoms with Crippen molar-refractivity contribution in [1.29, 1.82) is 0 Å². The second-order valence-electron chi connectivity index (χ2n) is 4.16. The highest BCUT2D eigenvalue weighted by Crippen LogP contribution is 2.23. The summed E-state index contributed by atoms with van der Waals surface area (Å²) < 4.78 is 0.833. The number of nitrogens with one attached hydrogen (secondary N) is 1. The van der Waals surface area contributed by atoms with E-state index in [1.165, 1.54) is 0 Å². The smallest absolute Gasteiger partial charge is 0.257 e. The van der Waals surface area contributed by atoms with Gasteiger partial charge in [0.15, 0.2) is 0 Å². The maximum absolute atomic E-state index is 12.4. The van der Waals surface area contributed by atoms with E-state index in [1.54, 1.807) is 24.5 Å². The number of carbonyl (C=O) groups excluding carboxylic acids is 1. The Morgan fingerprint density at radius 1 is 1.00 bits per heavy atom. The maximum atomic E-state index is 12.4. The Labute approximate surface area is 124 Å². The molecule has 0 aliphatic heterocycles. The highest BCUT2D eigenvalue weighted by atomic mass is 79.9. The van der Waals surface area contributed by atoms with Crippen LogP contribution in [-0.2, 0) is 0 Å². The number of halogens is 1. The minimum atomic E-state index is -0.206. The van der Waals surface area contributed by atoms with Crippen molar-refractivity contribution in [3.8, 4) is 0 Å². The van der Waals surface area contributed by atoms with Crippen LogP contribution in [0.25, 0.3) is 11.0 Å². The van der Waals surface area contributed by atoms with Crippen molar-refractivity contribution in [2.24, 2.45) is 0 Å². The van der Waals surface area contributed by atoms with Crippen molar-refractivity contribution in [1.82, 2.24) is 9.97 Å². The molecule has 0 fully saturated rings. The standard InChI is InChI=1S/C15H10BrN3O/c16-11-5-1-2-6-12(11)19-15(20)10-4-3-7-13-14(10)18-9-8-17-13/h1-9H,(H,19,20). The molecule has 3 rings (SSSR count). The van der Waals surface area contributed by atoms with Gasteiger partial charge in [-0.05, 0) is 40.2 Å². The van der Waals surface area contributed by atoms with Gasteiger partial charge in [-0.1, -0.05) is 18.2 Å². The zero-order valence-corrected chi connectivity index (χ0v) is 12.0. The summed E-state index contributed by atoms with van der Waals surface area (Å²) in [5.41, 5.74) is 2.52. The van der Waals surface area contributed by atoms with E-state index in [0.717, 1.165) is 10.2 Å². The summed E-state index contributed by atoms with van der Waals surface area (Å²) in [4.78, 5) is 20.8.